The van der Waals surface area contributed by atoms with Gasteiger partial charge in [-0.1, -0.05) is 0 Å². The summed E-state index contributed by atoms with van der Waals surface area (Å²) in [6.07, 6.45) is 0. The predicted octanol–water partition coefficient (Wildman–Crippen LogP) is 0.367. The summed E-state index contributed by atoms with van der Waals surface area (Å²) in [6.45, 7) is 2.37. The Balaban J connectivity index is 2.60. The predicted molar refractivity (Wildman–Crippen MR) is 51.3 cm³/mol. The number of rotatable bonds is 2. The highest BCUT2D eigenvalue weighted by Gasteiger charge is 2.10. The molecule has 78 valence electrons. The number of hydrogen-bond acceptors (Lipinski definition) is 5. The van der Waals surface area contributed by atoms with Crippen LogP contribution in [0.2, 0.25) is 0 Å². The summed E-state index contributed by atoms with van der Waals surface area (Å²) in [5, 5.41) is 23.6. The van der Waals surface area contributed by atoms with Crippen molar-refractivity contribution >= 4 is 11.0 Å². The molecule has 0 aliphatic carbocycles. The average Bonchev–Trinajstić information content (AvgIpc) is 2.19. The van der Waals surface area contributed by atoms with Crippen LogP contribution < -0.4 is 9.58 Å². The maximum absolute atomic E-state index is 11.3. The maximum Gasteiger partial charge on any atom is 0.378 e. The number of hydrogen-bond donors (Lipinski definition) is 1. The third kappa shape index (κ3) is 1.74. The highest BCUT2D eigenvalue weighted by molar-refractivity contribution is 5.72. The van der Waals surface area contributed by atoms with Crippen LogP contribution in [0.5, 0.6) is 11.8 Å². The van der Waals surface area contributed by atoms with E-state index in [1.807, 2.05) is 6.92 Å². The molecule has 0 fully saturated rings. The van der Waals surface area contributed by atoms with Gasteiger partial charge in [-0.2, -0.15) is 4.98 Å². The Labute approximate surface area is 85.3 Å². The minimum absolute atomic E-state index is 0.263. The number of aromatic nitrogens is 3. The molecule has 1 N–H and O–H groups in total. The zero-order valence-corrected chi connectivity index (χ0v) is 8.04. The zero-order valence-electron chi connectivity index (χ0n) is 8.04. The van der Waals surface area contributed by atoms with Crippen LogP contribution in [0.25, 0.3) is 11.0 Å². The van der Waals surface area contributed by atoms with Crippen molar-refractivity contribution in [1.29, 1.82) is 0 Å². The molecule has 0 saturated carbocycles. The van der Waals surface area contributed by atoms with Gasteiger partial charge in [0, 0.05) is 0 Å². The van der Waals surface area contributed by atoms with Crippen LogP contribution in [-0.2, 0) is 0 Å². The van der Waals surface area contributed by atoms with Crippen molar-refractivity contribution in [3.63, 3.8) is 0 Å². The SMILES string of the molecule is CCOc1ccc2nc(O)n[n+]([O-])c2c1. The van der Waals surface area contributed by atoms with Gasteiger partial charge in [-0.05, 0) is 23.9 Å². The minimum atomic E-state index is -0.540. The summed E-state index contributed by atoms with van der Waals surface area (Å²) in [4.78, 5) is 4.03. The molecule has 1 aromatic carbocycles. The van der Waals surface area contributed by atoms with Crippen LogP contribution in [-0.4, -0.2) is 21.8 Å². The summed E-state index contributed by atoms with van der Waals surface area (Å²) in [5.41, 5.74) is 0.639. The monoisotopic (exact) mass is 207 g/mol. The molecular weight excluding hydrogens is 198 g/mol. The fourth-order valence-electron chi connectivity index (χ4n) is 1.27. The summed E-state index contributed by atoms with van der Waals surface area (Å²) in [5.74, 6) is 0.573. The Morgan fingerprint density at radius 1 is 1.53 bits per heavy atom. The van der Waals surface area contributed by atoms with E-state index in [1.165, 1.54) is 6.07 Å². The Hall–Kier alpha value is -2.11. The molecule has 0 aliphatic heterocycles. The first kappa shape index (κ1) is 9.45. The second kappa shape index (κ2) is 3.56. The summed E-state index contributed by atoms with van der Waals surface area (Å²) >= 11 is 0. The van der Waals surface area contributed by atoms with Gasteiger partial charge in [-0.15, -0.1) is 0 Å². The Kier molecular flexibility index (Phi) is 2.24. The summed E-state index contributed by atoms with van der Waals surface area (Å²) < 4.78 is 5.23. The zero-order chi connectivity index (χ0) is 10.8. The van der Waals surface area contributed by atoms with E-state index in [-0.39, 0.29) is 5.52 Å². The number of nitrogens with zero attached hydrogens (tertiary/aromatic N) is 3. The normalized spacial score (nSPS) is 10.5. The van der Waals surface area contributed by atoms with Crippen molar-refractivity contribution < 1.29 is 14.7 Å². The van der Waals surface area contributed by atoms with E-state index >= 15 is 0 Å². The van der Waals surface area contributed by atoms with Gasteiger partial charge in [0.25, 0.3) is 5.52 Å². The number of aromatic hydroxyl groups is 1. The molecule has 2 rings (SSSR count). The molecule has 6 nitrogen and oxygen atoms in total. The molecule has 0 atom stereocenters. The van der Waals surface area contributed by atoms with Gasteiger partial charge >= 0.3 is 6.01 Å². The number of benzene rings is 1. The quantitative estimate of drug-likeness (QED) is 0.568. The van der Waals surface area contributed by atoms with Crippen LogP contribution in [0.15, 0.2) is 18.2 Å². The van der Waals surface area contributed by atoms with Gasteiger partial charge in [0.2, 0.25) is 0 Å². The molecule has 0 unspecified atom stereocenters. The first-order chi connectivity index (χ1) is 7.20. The van der Waals surface area contributed by atoms with Gasteiger partial charge in [-0.3, -0.25) is 0 Å². The topological polar surface area (TPSA) is 82.2 Å². The van der Waals surface area contributed by atoms with E-state index in [4.69, 9.17) is 9.84 Å². The van der Waals surface area contributed by atoms with E-state index in [1.54, 1.807) is 12.1 Å². The molecule has 0 spiro atoms. The fourth-order valence-corrected chi connectivity index (χ4v) is 1.27. The smallest absolute Gasteiger partial charge is 0.378 e. The second-order valence-corrected chi connectivity index (χ2v) is 2.87. The Bertz CT molecular complexity index is 501. The van der Waals surface area contributed by atoms with Gasteiger partial charge in [0.1, 0.15) is 11.3 Å². The second-order valence-electron chi connectivity index (χ2n) is 2.87. The maximum atomic E-state index is 11.3. The van der Waals surface area contributed by atoms with E-state index in [9.17, 15) is 5.21 Å². The molecule has 6 heteroatoms. The van der Waals surface area contributed by atoms with Gasteiger partial charge in [0.15, 0.2) is 0 Å². The fraction of sp³-hybridized carbons (Fsp3) is 0.222. The van der Waals surface area contributed by atoms with Crippen molar-refractivity contribution in [2.24, 2.45) is 0 Å². The third-order valence-corrected chi connectivity index (χ3v) is 1.86. The van der Waals surface area contributed by atoms with Crippen molar-refractivity contribution in [2.45, 2.75) is 6.92 Å². The highest BCUT2D eigenvalue weighted by atomic mass is 16.5. The largest absolute Gasteiger partial charge is 0.594 e. The molecule has 1 aromatic heterocycles. The molecule has 0 saturated heterocycles. The van der Waals surface area contributed by atoms with E-state index in [2.05, 4.69) is 10.1 Å². The summed E-state index contributed by atoms with van der Waals surface area (Å²) in [7, 11) is 0. The first-order valence-corrected chi connectivity index (χ1v) is 4.44. The summed E-state index contributed by atoms with van der Waals surface area (Å²) in [6, 6.07) is 4.27. The molecule has 0 radical (unpaired) electrons. The third-order valence-electron chi connectivity index (χ3n) is 1.86. The molecule has 0 amide bonds. The van der Waals surface area contributed by atoms with Crippen LogP contribution >= 0.6 is 0 Å². The van der Waals surface area contributed by atoms with Crippen LogP contribution in [0.4, 0.5) is 0 Å². The van der Waals surface area contributed by atoms with E-state index in [0.29, 0.717) is 22.7 Å². The van der Waals surface area contributed by atoms with Gasteiger partial charge in [-0.25, -0.2) is 0 Å². The Morgan fingerprint density at radius 3 is 3.07 bits per heavy atom. The van der Waals surface area contributed by atoms with Crippen molar-refractivity contribution in [3.05, 3.63) is 23.4 Å². The van der Waals surface area contributed by atoms with Crippen molar-refractivity contribution in [1.82, 2.24) is 10.1 Å². The molecular formula is C9H9N3O3. The standard InChI is InChI=1S/C9H9N3O3/c1-2-15-6-3-4-7-8(5-6)12(14)11-9(13)10-7/h3-5H,2H2,1H3,(H,10,11,13). The van der Waals surface area contributed by atoms with Crippen LogP contribution in [0, 0.1) is 5.21 Å². The highest BCUT2D eigenvalue weighted by Crippen LogP contribution is 2.17. The average molecular weight is 207 g/mol. The van der Waals surface area contributed by atoms with Crippen LogP contribution in [0.1, 0.15) is 6.92 Å². The first-order valence-electron chi connectivity index (χ1n) is 4.44. The number of fused-ring (bicyclic) bond motifs is 1. The molecule has 2 aromatic rings. The van der Waals surface area contributed by atoms with Gasteiger partial charge in [0.05, 0.1) is 17.8 Å². The lowest BCUT2D eigenvalue weighted by Crippen LogP contribution is -2.32. The van der Waals surface area contributed by atoms with Crippen LogP contribution in [0.3, 0.4) is 0 Å². The number of ether oxygens (including phenoxy) is 1. The molecule has 15 heavy (non-hydrogen) atoms. The molecule has 1 heterocycles. The lowest BCUT2D eigenvalue weighted by Gasteiger charge is -2.03. The molecule has 0 aliphatic rings. The van der Waals surface area contributed by atoms with Gasteiger partial charge < -0.3 is 15.1 Å². The molecule has 0 bridgehead atoms. The Morgan fingerprint density at radius 2 is 2.33 bits per heavy atom. The minimum Gasteiger partial charge on any atom is -0.594 e. The van der Waals surface area contributed by atoms with E-state index < -0.39 is 6.01 Å². The van der Waals surface area contributed by atoms with Crippen molar-refractivity contribution in [2.75, 3.05) is 6.61 Å². The lowest BCUT2D eigenvalue weighted by molar-refractivity contribution is -0.643. The van der Waals surface area contributed by atoms with Crippen molar-refractivity contribution in [3.8, 4) is 11.8 Å². The lowest BCUT2D eigenvalue weighted by atomic mass is 10.3. The van der Waals surface area contributed by atoms with E-state index in [0.717, 1.165) is 0 Å².